The number of carbonyl (C=O) groups excluding carboxylic acids is 1. The van der Waals surface area contributed by atoms with Gasteiger partial charge in [-0.05, 0) is 18.2 Å². The maximum Gasteiger partial charge on any atom is 0.219 e. The Kier molecular flexibility index (Phi) is 4.95. The molecule has 1 atom stereocenters. The summed E-state index contributed by atoms with van der Waals surface area (Å²) < 4.78 is 5.12. The highest BCUT2D eigenvalue weighted by molar-refractivity contribution is 5.74. The van der Waals surface area contributed by atoms with Gasteiger partial charge in [-0.25, -0.2) is 0 Å². The Morgan fingerprint density at radius 2 is 2.19 bits per heavy atom. The minimum atomic E-state index is -0.313. The molecule has 1 rings (SSSR count). The maximum atomic E-state index is 11.0. The topological polar surface area (TPSA) is 64.3 Å². The minimum Gasteiger partial charge on any atom is -0.380 e. The predicted molar refractivity (Wildman–Crippen MR) is 62.8 cm³/mol. The molecule has 0 saturated heterocycles. The third kappa shape index (κ3) is 3.32. The second-order valence-corrected chi connectivity index (χ2v) is 3.64. The number of rotatable bonds is 6. The number of nitrogens with one attached hydrogen (secondary N) is 1. The summed E-state index contributed by atoms with van der Waals surface area (Å²) in [5.74, 6) is -0.313. The summed E-state index contributed by atoms with van der Waals surface area (Å²) in [6, 6.07) is 7.82. The van der Waals surface area contributed by atoms with E-state index < -0.39 is 0 Å². The molecular weight excluding hydrogens is 204 g/mol. The van der Waals surface area contributed by atoms with Gasteiger partial charge in [0, 0.05) is 19.6 Å². The highest BCUT2D eigenvalue weighted by Crippen LogP contribution is 2.21. The fourth-order valence-electron chi connectivity index (χ4n) is 1.73. The zero-order chi connectivity index (χ0) is 12.0. The zero-order valence-corrected chi connectivity index (χ0v) is 9.69. The van der Waals surface area contributed by atoms with Crippen LogP contribution in [0, 0.1) is 0 Å². The van der Waals surface area contributed by atoms with E-state index in [-0.39, 0.29) is 18.4 Å². The van der Waals surface area contributed by atoms with Gasteiger partial charge in [-0.1, -0.05) is 24.3 Å². The molecular formula is C12H18N2O2. The molecule has 4 nitrogen and oxygen atoms in total. The molecule has 0 radical (unpaired) electrons. The Hall–Kier alpha value is -1.39. The van der Waals surface area contributed by atoms with E-state index >= 15 is 0 Å². The Bertz CT molecular complexity index is 353. The first-order valence-corrected chi connectivity index (χ1v) is 5.21. The standard InChI is InChI=1S/C12H18N2O2/c1-14-11(7-12(13)15)10-6-4-3-5-9(10)8-16-2/h3-6,11,14H,7-8H2,1-2H3,(H2,13,15). The summed E-state index contributed by atoms with van der Waals surface area (Å²) in [4.78, 5) is 11.0. The van der Waals surface area contributed by atoms with Gasteiger partial charge in [-0.3, -0.25) is 4.79 Å². The van der Waals surface area contributed by atoms with Crippen molar-refractivity contribution in [3.05, 3.63) is 35.4 Å². The molecule has 16 heavy (non-hydrogen) atoms. The third-order valence-corrected chi connectivity index (χ3v) is 2.48. The molecule has 0 aromatic heterocycles. The van der Waals surface area contributed by atoms with Crippen LogP contribution in [-0.4, -0.2) is 20.1 Å². The normalized spacial score (nSPS) is 12.4. The van der Waals surface area contributed by atoms with Crippen molar-refractivity contribution < 1.29 is 9.53 Å². The summed E-state index contributed by atoms with van der Waals surface area (Å²) in [6.45, 7) is 0.535. The molecule has 88 valence electrons. The molecule has 0 heterocycles. The van der Waals surface area contributed by atoms with Crippen LogP contribution in [0.5, 0.6) is 0 Å². The van der Waals surface area contributed by atoms with Crippen molar-refractivity contribution in [2.45, 2.75) is 19.1 Å². The summed E-state index contributed by atoms with van der Waals surface area (Å²) in [5.41, 5.74) is 7.36. The van der Waals surface area contributed by atoms with Crippen LogP contribution in [-0.2, 0) is 16.1 Å². The van der Waals surface area contributed by atoms with E-state index in [1.54, 1.807) is 7.11 Å². The summed E-state index contributed by atoms with van der Waals surface area (Å²) >= 11 is 0. The number of benzene rings is 1. The second-order valence-electron chi connectivity index (χ2n) is 3.64. The third-order valence-electron chi connectivity index (χ3n) is 2.48. The molecule has 1 unspecified atom stereocenters. The number of hydrogen-bond acceptors (Lipinski definition) is 3. The van der Waals surface area contributed by atoms with E-state index in [2.05, 4.69) is 5.32 Å². The minimum absolute atomic E-state index is 0.0520. The van der Waals surface area contributed by atoms with Crippen LogP contribution in [0.2, 0.25) is 0 Å². The average Bonchev–Trinajstić information content (AvgIpc) is 2.27. The molecule has 0 aliphatic carbocycles. The number of methoxy groups -OCH3 is 1. The number of primary amides is 1. The molecule has 1 aromatic carbocycles. The Labute approximate surface area is 95.8 Å². The van der Waals surface area contributed by atoms with Crippen LogP contribution in [0.1, 0.15) is 23.6 Å². The molecule has 0 bridgehead atoms. The summed E-state index contributed by atoms with van der Waals surface area (Å²) in [6.07, 6.45) is 0.289. The lowest BCUT2D eigenvalue weighted by Gasteiger charge is -2.18. The first-order chi connectivity index (χ1) is 7.69. The van der Waals surface area contributed by atoms with E-state index in [0.717, 1.165) is 11.1 Å². The number of carbonyl (C=O) groups is 1. The summed E-state index contributed by atoms with van der Waals surface area (Å²) in [5, 5.41) is 3.09. The largest absolute Gasteiger partial charge is 0.380 e. The molecule has 0 spiro atoms. The number of ether oxygens (including phenoxy) is 1. The highest BCUT2D eigenvalue weighted by Gasteiger charge is 2.15. The average molecular weight is 222 g/mol. The second kappa shape index (κ2) is 6.25. The van der Waals surface area contributed by atoms with Crippen LogP contribution < -0.4 is 11.1 Å². The van der Waals surface area contributed by atoms with Gasteiger partial charge < -0.3 is 15.8 Å². The molecule has 1 amide bonds. The van der Waals surface area contributed by atoms with Gasteiger partial charge in [0.2, 0.25) is 5.91 Å². The molecule has 0 aliphatic rings. The molecule has 0 fully saturated rings. The van der Waals surface area contributed by atoms with Crippen LogP contribution >= 0.6 is 0 Å². The molecule has 4 heteroatoms. The highest BCUT2D eigenvalue weighted by atomic mass is 16.5. The first-order valence-electron chi connectivity index (χ1n) is 5.21. The van der Waals surface area contributed by atoms with Crippen molar-refractivity contribution in [2.75, 3.05) is 14.2 Å². The number of amides is 1. The van der Waals surface area contributed by atoms with E-state index in [1.807, 2.05) is 31.3 Å². The van der Waals surface area contributed by atoms with Gasteiger partial charge in [0.05, 0.1) is 6.61 Å². The molecule has 0 saturated carbocycles. The lowest BCUT2D eigenvalue weighted by molar-refractivity contribution is -0.118. The SMILES string of the molecule is CNC(CC(N)=O)c1ccccc1COC. The van der Waals surface area contributed by atoms with Gasteiger partial charge in [0.25, 0.3) is 0 Å². The Balaban J connectivity index is 2.94. The molecule has 1 aromatic rings. The van der Waals surface area contributed by atoms with Gasteiger partial charge in [0.1, 0.15) is 0 Å². The van der Waals surface area contributed by atoms with Crippen molar-refractivity contribution in [1.82, 2.24) is 5.32 Å². The van der Waals surface area contributed by atoms with Gasteiger partial charge >= 0.3 is 0 Å². The van der Waals surface area contributed by atoms with Crippen molar-refractivity contribution in [3.8, 4) is 0 Å². The van der Waals surface area contributed by atoms with Crippen LogP contribution in [0.15, 0.2) is 24.3 Å². The monoisotopic (exact) mass is 222 g/mol. The van der Waals surface area contributed by atoms with Crippen LogP contribution in [0.4, 0.5) is 0 Å². The van der Waals surface area contributed by atoms with Crippen molar-refractivity contribution in [3.63, 3.8) is 0 Å². The number of hydrogen-bond donors (Lipinski definition) is 2. The number of nitrogens with two attached hydrogens (primary N) is 1. The van der Waals surface area contributed by atoms with Gasteiger partial charge in [-0.15, -0.1) is 0 Å². The summed E-state index contributed by atoms with van der Waals surface area (Å²) in [7, 11) is 3.47. The van der Waals surface area contributed by atoms with E-state index in [9.17, 15) is 4.79 Å². The zero-order valence-electron chi connectivity index (χ0n) is 9.69. The lowest BCUT2D eigenvalue weighted by Crippen LogP contribution is -2.24. The Morgan fingerprint density at radius 3 is 2.75 bits per heavy atom. The molecule has 0 aliphatic heterocycles. The smallest absolute Gasteiger partial charge is 0.219 e. The van der Waals surface area contributed by atoms with Crippen molar-refractivity contribution >= 4 is 5.91 Å². The quantitative estimate of drug-likeness (QED) is 0.753. The van der Waals surface area contributed by atoms with E-state index in [0.29, 0.717) is 6.61 Å². The fraction of sp³-hybridized carbons (Fsp3) is 0.417. The molecule has 3 N–H and O–H groups in total. The lowest BCUT2D eigenvalue weighted by atomic mass is 9.98. The van der Waals surface area contributed by atoms with Gasteiger partial charge in [-0.2, -0.15) is 0 Å². The van der Waals surface area contributed by atoms with Crippen LogP contribution in [0.3, 0.4) is 0 Å². The van der Waals surface area contributed by atoms with E-state index in [4.69, 9.17) is 10.5 Å². The first kappa shape index (κ1) is 12.7. The van der Waals surface area contributed by atoms with Gasteiger partial charge in [0.15, 0.2) is 0 Å². The Morgan fingerprint density at radius 1 is 1.50 bits per heavy atom. The van der Waals surface area contributed by atoms with Crippen molar-refractivity contribution in [2.24, 2.45) is 5.73 Å². The maximum absolute atomic E-state index is 11.0. The van der Waals surface area contributed by atoms with Crippen molar-refractivity contribution in [1.29, 1.82) is 0 Å². The fourth-order valence-corrected chi connectivity index (χ4v) is 1.73. The van der Waals surface area contributed by atoms with Crippen LogP contribution in [0.25, 0.3) is 0 Å². The van der Waals surface area contributed by atoms with E-state index in [1.165, 1.54) is 0 Å². The predicted octanol–water partition coefficient (Wildman–Crippen LogP) is 0.969.